The maximum absolute atomic E-state index is 5.53. The van der Waals surface area contributed by atoms with E-state index < -0.39 is 0 Å². The number of halogens is 1. The maximum Gasteiger partial charge on any atom is 0.0748 e. The summed E-state index contributed by atoms with van der Waals surface area (Å²) in [5, 5.41) is 3.53. The highest BCUT2D eigenvalue weighted by Crippen LogP contribution is 2.28. The van der Waals surface area contributed by atoms with Gasteiger partial charge in [-0.05, 0) is 47.8 Å². The molecule has 15 heavy (non-hydrogen) atoms. The van der Waals surface area contributed by atoms with E-state index in [-0.39, 0.29) is 0 Å². The quantitative estimate of drug-likeness (QED) is 0.889. The van der Waals surface area contributed by atoms with Gasteiger partial charge in [0.05, 0.1) is 12.1 Å². The molecule has 0 amide bonds. The first kappa shape index (κ1) is 11.0. The molecule has 0 bridgehead atoms. The lowest BCUT2D eigenvalue weighted by Crippen LogP contribution is -2.26. The third kappa shape index (κ3) is 2.34. The summed E-state index contributed by atoms with van der Waals surface area (Å²) in [7, 11) is 0. The second-order valence-electron chi connectivity index (χ2n) is 4.05. The molecule has 1 heterocycles. The lowest BCUT2D eigenvalue weighted by atomic mass is 10.1. The fraction of sp³-hybridized carbons (Fsp3) is 0.500. The van der Waals surface area contributed by atoms with E-state index in [1.165, 1.54) is 5.56 Å². The number of aryl methyl sites for hydroxylation is 1. The highest BCUT2D eigenvalue weighted by molar-refractivity contribution is 9.10. The second-order valence-corrected chi connectivity index (χ2v) is 4.84. The number of hydrogen-bond donors (Lipinski definition) is 1. The Labute approximate surface area is 99.1 Å². The number of hydrogen-bond acceptors (Lipinski definition) is 2. The van der Waals surface area contributed by atoms with Gasteiger partial charge in [0, 0.05) is 16.8 Å². The average Bonchev–Trinajstić information content (AvgIpc) is 2.60. The molecule has 1 saturated heterocycles. The fourth-order valence-electron chi connectivity index (χ4n) is 1.88. The molecule has 2 rings (SSSR count). The number of nitrogens with one attached hydrogen (secondary N) is 1. The molecule has 0 aromatic heterocycles. The summed E-state index contributed by atoms with van der Waals surface area (Å²) < 4.78 is 6.69. The normalized spacial score (nSPS) is 25.5. The average molecular weight is 270 g/mol. The van der Waals surface area contributed by atoms with E-state index in [0.29, 0.717) is 12.1 Å². The van der Waals surface area contributed by atoms with Crippen LogP contribution in [0, 0.1) is 6.92 Å². The molecule has 3 heteroatoms. The number of benzene rings is 1. The van der Waals surface area contributed by atoms with Crippen molar-refractivity contribution in [2.45, 2.75) is 32.4 Å². The topological polar surface area (TPSA) is 21.3 Å². The van der Waals surface area contributed by atoms with Crippen molar-refractivity contribution in [2.24, 2.45) is 0 Å². The zero-order valence-corrected chi connectivity index (χ0v) is 10.7. The molecule has 1 aliphatic rings. The molecule has 2 unspecified atom stereocenters. The molecular weight excluding hydrogens is 254 g/mol. The Bertz CT molecular complexity index is 353. The molecule has 0 aliphatic carbocycles. The van der Waals surface area contributed by atoms with Crippen molar-refractivity contribution in [1.29, 1.82) is 0 Å². The van der Waals surface area contributed by atoms with Crippen molar-refractivity contribution in [1.82, 2.24) is 0 Å². The van der Waals surface area contributed by atoms with Gasteiger partial charge in [-0.25, -0.2) is 0 Å². The van der Waals surface area contributed by atoms with Gasteiger partial charge in [-0.15, -0.1) is 0 Å². The van der Waals surface area contributed by atoms with Crippen molar-refractivity contribution in [2.75, 3.05) is 11.9 Å². The number of anilines is 1. The molecule has 2 atom stereocenters. The van der Waals surface area contributed by atoms with E-state index in [9.17, 15) is 0 Å². The second kappa shape index (κ2) is 4.54. The Morgan fingerprint density at radius 3 is 2.93 bits per heavy atom. The van der Waals surface area contributed by atoms with Crippen molar-refractivity contribution in [3.8, 4) is 0 Å². The summed E-state index contributed by atoms with van der Waals surface area (Å²) >= 11 is 3.60. The van der Waals surface area contributed by atoms with Crippen LogP contribution in [-0.4, -0.2) is 18.8 Å². The summed E-state index contributed by atoms with van der Waals surface area (Å²) in [5.41, 5.74) is 2.42. The largest absolute Gasteiger partial charge is 0.379 e. The SMILES string of the molecule is Cc1cccc(NC2CCOC2C)c1Br. The van der Waals surface area contributed by atoms with Gasteiger partial charge in [0.1, 0.15) is 0 Å². The fourth-order valence-corrected chi connectivity index (χ4v) is 2.26. The highest BCUT2D eigenvalue weighted by atomic mass is 79.9. The van der Waals surface area contributed by atoms with Crippen LogP contribution in [0.2, 0.25) is 0 Å². The molecule has 0 radical (unpaired) electrons. The first-order valence-corrected chi connectivity index (χ1v) is 6.11. The van der Waals surface area contributed by atoms with Gasteiger partial charge >= 0.3 is 0 Å². The Hall–Kier alpha value is -0.540. The molecule has 1 aromatic rings. The molecule has 2 nitrogen and oxygen atoms in total. The Kier molecular flexibility index (Phi) is 3.32. The van der Waals surface area contributed by atoms with Crippen LogP contribution >= 0.6 is 15.9 Å². The minimum atomic E-state index is 0.303. The highest BCUT2D eigenvalue weighted by Gasteiger charge is 2.24. The minimum absolute atomic E-state index is 0.303. The van der Waals surface area contributed by atoms with Crippen LogP contribution in [0.1, 0.15) is 18.9 Å². The first-order valence-electron chi connectivity index (χ1n) is 5.31. The summed E-state index contributed by atoms with van der Waals surface area (Å²) in [5.74, 6) is 0. The predicted molar refractivity (Wildman–Crippen MR) is 66.3 cm³/mol. The molecule has 0 spiro atoms. The van der Waals surface area contributed by atoms with Gasteiger partial charge < -0.3 is 10.1 Å². The lowest BCUT2D eigenvalue weighted by Gasteiger charge is -2.19. The van der Waals surface area contributed by atoms with Gasteiger partial charge in [-0.1, -0.05) is 12.1 Å². The molecule has 82 valence electrons. The van der Waals surface area contributed by atoms with Crippen molar-refractivity contribution in [3.63, 3.8) is 0 Å². The molecule has 1 fully saturated rings. The van der Waals surface area contributed by atoms with Crippen LogP contribution < -0.4 is 5.32 Å². The van der Waals surface area contributed by atoms with Gasteiger partial charge in [0.2, 0.25) is 0 Å². The van der Waals surface area contributed by atoms with Crippen molar-refractivity contribution < 1.29 is 4.74 Å². The standard InChI is InChI=1S/C12H16BrNO/c1-8-4-3-5-11(12(8)13)14-10-6-7-15-9(10)2/h3-5,9-10,14H,6-7H2,1-2H3. The maximum atomic E-state index is 5.53. The van der Waals surface area contributed by atoms with E-state index >= 15 is 0 Å². The van der Waals surface area contributed by atoms with Crippen LogP contribution in [0.15, 0.2) is 22.7 Å². The van der Waals surface area contributed by atoms with E-state index in [2.05, 4.69) is 53.3 Å². The van der Waals surface area contributed by atoms with Crippen LogP contribution in [0.5, 0.6) is 0 Å². The number of ether oxygens (including phenoxy) is 1. The number of rotatable bonds is 2. The summed E-state index contributed by atoms with van der Waals surface area (Å²) in [6.45, 7) is 5.08. The van der Waals surface area contributed by atoms with Crippen LogP contribution in [0.25, 0.3) is 0 Å². The molecular formula is C12H16BrNO. The summed E-state index contributed by atoms with van der Waals surface area (Å²) in [6, 6.07) is 6.71. The van der Waals surface area contributed by atoms with E-state index in [4.69, 9.17) is 4.74 Å². The predicted octanol–water partition coefficient (Wildman–Crippen LogP) is 3.35. The summed E-state index contributed by atoms with van der Waals surface area (Å²) in [6.07, 6.45) is 1.39. The van der Waals surface area contributed by atoms with Crippen LogP contribution in [0.4, 0.5) is 5.69 Å². The Morgan fingerprint density at radius 2 is 2.27 bits per heavy atom. The lowest BCUT2D eigenvalue weighted by molar-refractivity contribution is 0.121. The minimum Gasteiger partial charge on any atom is -0.379 e. The van der Waals surface area contributed by atoms with Gasteiger partial charge in [0.25, 0.3) is 0 Å². The monoisotopic (exact) mass is 269 g/mol. The van der Waals surface area contributed by atoms with E-state index in [1.54, 1.807) is 0 Å². The Balaban J connectivity index is 2.13. The van der Waals surface area contributed by atoms with Gasteiger partial charge in [-0.3, -0.25) is 0 Å². The van der Waals surface area contributed by atoms with Crippen molar-refractivity contribution in [3.05, 3.63) is 28.2 Å². The van der Waals surface area contributed by atoms with E-state index in [1.807, 2.05) is 0 Å². The van der Waals surface area contributed by atoms with Gasteiger partial charge in [-0.2, -0.15) is 0 Å². The third-order valence-corrected chi connectivity index (χ3v) is 3.96. The van der Waals surface area contributed by atoms with Crippen LogP contribution in [-0.2, 0) is 4.74 Å². The smallest absolute Gasteiger partial charge is 0.0748 e. The van der Waals surface area contributed by atoms with Crippen LogP contribution in [0.3, 0.4) is 0 Å². The zero-order valence-electron chi connectivity index (χ0n) is 9.09. The molecule has 1 aromatic carbocycles. The molecule has 1 aliphatic heterocycles. The third-order valence-electron chi connectivity index (χ3n) is 2.91. The zero-order chi connectivity index (χ0) is 10.8. The Morgan fingerprint density at radius 1 is 1.47 bits per heavy atom. The first-order chi connectivity index (χ1) is 7.18. The summed E-state index contributed by atoms with van der Waals surface area (Å²) in [4.78, 5) is 0. The van der Waals surface area contributed by atoms with Crippen molar-refractivity contribution >= 4 is 21.6 Å². The van der Waals surface area contributed by atoms with Gasteiger partial charge in [0.15, 0.2) is 0 Å². The molecule has 1 N–H and O–H groups in total. The van der Waals surface area contributed by atoms with E-state index in [0.717, 1.165) is 23.2 Å². The molecule has 0 saturated carbocycles.